The van der Waals surface area contributed by atoms with Gasteiger partial charge in [-0.2, -0.15) is 0 Å². The third-order valence-corrected chi connectivity index (χ3v) is 9.81. The first-order valence-corrected chi connectivity index (χ1v) is 19.8. The number of amides is 1. The predicted molar refractivity (Wildman–Crippen MR) is 192 cm³/mol. The third-order valence-electron chi connectivity index (χ3n) is 9.81. The van der Waals surface area contributed by atoms with Crippen LogP contribution >= 0.6 is 0 Å². The standard InChI is InChI=1S/C39H75NO7/c1-3-5-6-7-8-9-10-11-12-13-14-15-16-17-18-19-20-21-22-23-24-25-26-27-37(44)40-33(35(43)30-32(41)4-2)31-47-36-29-28-34(42)38(45)39(36)46/h28-29,32-36,38-39,41-43,45-46H,3-27,30-31H2,1-2H3,(H,40,44). The Balaban J connectivity index is 2.03. The highest BCUT2D eigenvalue weighted by Crippen LogP contribution is 2.19. The maximum absolute atomic E-state index is 12.7. The fourth-order valence-corrected chi connectivity index (χ4v) is 6.42. The summed E-state index contributed by atoms with van der Waals surface area (Å²) in [5.74, 6) is -0.178. The molecule has 0 aromatic heterocycles. The van der Waals surface area contributed by atoms with Gasteiger partial charge in [0.1, 0.15) is 24.4 Å². The molecule has 0 saturated heterocycles. The number of nitrogens with one attached hydrogen (secondary N) is 1. The number of hydrogen-bond donors (Lipinski definition) is 6. The summed E-state index contributed by atoms with van der Waals surface area (Å²) < 4.78 is 5.70. The summed E-state index contributed by atoms with van der Waals surface area (Å²) in [6.07, 6.45) is 27.8. The molecular formula is C39H75NO7. The van der Waals surface area contributed by atoms with Crippen LogP contribution in [0.1, 0.15) is 181 Å². The number of rotatable bonds is 32. The van der Waals surface area contributed by atoms with E-state index in [9.17, 15) is 30.3 Å². The highest BCUT2D eigenvalue weighted by Gasteiger charge is 2.34. The summed E-state index contributed by atoms with van der Waals surface area (Å²) in [4.78, 5) is 12.7. The fourth-order valence-electron chi connectivity index (χ4n) is 6.42. The van der Waals surface area contributed by atoms with Crippen LogP contribution < -0.4 is 5.32 Å². The van der Waals surface area contributed by atoms with Gasteiger partial charge < -0.3 is 35.6 Å². The van der Waals surface area contributed by atoms with Gasteiger partial charge in [0.2, 0.25) is 5.91 Å². The zero-order chi connectivity index (χ0) is 34.5. The predicted octanol–water partition coefficient (Wildman–Crippen LogP) is 7.41. The molecule has 0 heterocycles. The van der Waals surface area contributed by atoms with Gasteiger partial charge in [0.25, 0.3) is 0 Å². The van der Waals surface area contributed by atoms with Crippen LogP contribution in [0.5, 0.6) is 0 Å². The largest absolute Gasteiger partial charge is 0.393 e. The zero-order valence-corrected chi connectivity index (χ0v) is 30.3. The van der Waals surface area contributed by atoms with Crippen LogP contribution in [0.25, 0.3) is 0 Å². The lowest BCUT2D eigenvalue weighted by Gasteiger charge is -2.33. The van der Waals surface area contributed by atoms with E-state index in [0.717, 1.165) is 19.3 Å². The maximum atomic E-state index is 12.7. The van der Waals surface area contributed by atoms with Crippen LogP contribution in [0.2, 0.25) is 0 Å². The number of ether oxygens (including phenoxy) is 1. The Labute approximate surface area is 288 Å². The van der Waals surface area contributed by atoms with E-state index in [4.69, 9.17) is 4.74 Å². The lowest BCUT2D eigenvalue weighted by Crippen LogP contribution is -2.51. The Morgan fingerprint density at radius 1 is 0.638 bits per heavy atom. The van der Waals surface area contributed by atoms with E-state index in [1.165, 1.54) is 141 Å². The molecule has 0 saturated carbocycles. The highest BCUT2D eigenvalue weighted by molar-refractivity contribution is 5.76. The molecular weight excluding hydrogens is 594 g/mol. The molecule has 47 heavy (non-hydrogen) atoms. The maximum Gasteiger partial charge on any atom is 0.220 e. The molecule has 1 aliphatic rings. The Bertz CT molecular complexity index is 751. The molecule has 0 radical (unpaired) electrons. The van der Waals surface area contributed by atoms with Crippen molar-refractivity contribution >= 4 is 5.91 Å². The summed E-state index contributed by atoms with van der Waals surface area (Å²) in [6, 6.07) is -0.766. The molecule has 0 aliphatic heterocycles. The van der Waals surface area contributed by atoms with Crippen LogP contribution in [-0.2, 0) is 9.53 Å². The molecule has 0 spiro atoms. The van der Waals surface area contributed by atoms with Crippen molar-refractivity contribution in [1.29, 1.82) is 0 Å². The summed E-state index contributed by atoms with van der Waals surface area (Å²) in [7, 11) is 0. The second-order valence-electron chi connectivity index (χ2n) is 14.2. The van der Waals surface area contributed by atoms with Gasteiger partial charge in [0.05, 0.1) is 24.9 Å². The Morgan fingerprint density at radius 3 is 1.49 bits per heavy atom. The molecule has 0 aromatic rings. The van der Waals surface area contributed by atoms with Crippen molar-refractivity contribution in [2.24, 2.45) is 0 Å². The minimum absolute atomic E-state index is 0.0919. The van der Waals surface area contributed by atoms with Crippen molar-refractivity contribution in [3.8, 4) is 0 Å². The van der Waals surface area contributed by atoms with E-state index in [-0.39, 0.29) is 18.9 Å². The normalized spacial score (nSPS) is 21.5. The van der Waals surface area contributed by atoms with E-state index in [0.29, 0.717) is 12.8 Å². The molecule has 1 rings (SSSR count). The topological polar surface area (TPSA) is 139 Å². The fraction of sp³-hybridized carbons (Fsp3) is 0.923. The van der Waals surface area contributed by atoms with Crippen LogP contribution in [0.4, 0.5) is 0 Å². The molecule has 1 amide bonds. The van der Waals surface area contributed by atoms with Crippen molar-refractivity contribution in [3.63, 3.8) is 0 Å². The van der Waals surface area contributed by atoms with E-state index in [1.807, 2.05) is 6.92 Å². The Hall–Kier alpha value is -1.03. The van der Waals surface area contributed by atoms with Gasteiger partial charge in [-0.05, 0) is 12.8 Å². The number of hydrogen-bond acceptors (Lipinski definition) is 7. The number of unbranched alkanes of at least 4 members (excludes halogenated alkanes) is 22. The average Bonchev–Trinajstić information content (AvgIpc) is 3.06. The average molecular weight is 670 g/mol. The van der Waals surface area contributed by atoms with Gasteiger partial charge in [-0.3, -0.25) is 4.79 Å². The minimum Gasteiger partial charge on any atom is -0.393 e. The molecule has 7 atom stereocenters. The van der Waals surface area contributed by atoms with Crippen molar-refractivity contribution in [3.05, 3.63) is 12.2 Å². The first kappa shape index (κ1) is 44.0. The third kappa shape index (κ3) is 23.1. The van der Waals surface area contributed by atoms with Gasteiger partial charge >= 0.3 is 0 Å². The van der Waals surface area contributed by atoms with Gasteiger partial charge in [0, 0.05) is 12.8 Å². The highest BCUT2D eigenvalue weighted by atomic mass is 16.5. The number of aliphatic hydroxyl groups is 5. The number of carbonyl (C=O) groups excluding carboxylic acids is 1. The van der Waals surface area contributed by atoms with Crippen molar-refractivity contribution in [2.75, 3.05) is 6.61 Å². The molecule has 0 fully saturated rings. The molecule has 7 unspecified atom stereocenters. The first-order valence-electron chi connectivity index (χ1n) is 19.8. The van der Waals surface area contributed by atoms with Gasteiger partial charge in [-0.1, -0.05) is 167 Å². The van der Waals surface area contributed by atoms with E-state index in [1.54, 1.807) is 0 Å². The van der Waals surface area contributed by atoms with Crippen LogP contribution in [0.15, 0.2) is 12.2 Å². The molecule has 1 aliphatic carbocycles. The molecule has 8 heteroatoms. The lowest BCUT2D eigenvalue weighted by molar-refractivity contribution is -0.127. The summed E-state index contributed by atoms with van der Waals surface area (Å²) in [5.41, 5.74) is 0. The summed E-state index contributed by atoms with van der Waals surface area (Å²) >= 11 is 0. The van der Waals surface area contributed by atoms with Crippen LogP contribution in [0, 0.1) is 0 Å². The first-order chi connectivity index (χ1) is 22.8. The smallest absolute Gasteiger partial charge is 0.220 e. The summed E-state index contributed by atoms with van der Waals surface area (Å²) in [6.45, 7) is 4.00. The lowest BCUT2D eigenvalue weighted by atomic mass is 9.96. The second-order valence-corrected chi connectivity index (χ2v) is 14.2. The molecule has 8 nitrogen and oxygen atoms in total. The van der Waals surface area contributed by atoms with E-state index in [2.05, 4.69) is 12.2 Å². The van der Waals surface area contributed by atoms with E-state index < -0.39 is 42.7 Å². The van der Waals surface area contributed by atoms with Crippen molar-refractivity contribution in [1.82, 2.24) is 5.32 Å². The molecule has 0 bridgehead atoms. The van der Waals surface area contributed by atoms with Crippen LogP contribution in [0.3, 0.4) is 0 Å². The molecule has 278 valence electrons. The van der Waals surface area contributed by atoms with Crippen molar-refractivity contribution in [2.45, 2.75) is 223 Å². The molecule has 6 N–H and O–H groups in total. The van der Waals surface area contributed by atoms with Gasteiger partial charge in [-0.25, -0.2) is 0 Å². The van der Waals surface area contributed by atoms with Gasteiger partial charge in [-0.15, -0.1) is 0 Å². The number of carbonyl (C=O) groups is 1. The Morgan fingerprint density at radius 2 is 1.06 bits per heavy atom. The number of aliphatic hydroxyl groups excluding tert-OH is 5. The monoisotopic (exact) mass is 670 g/mol. The van der Waals surface area contributed by atoms with Crippen LogP contribution in [-0.4, -0.2) is 80.7 Å². The van der Waals surface area contributed by atoms with Crippen molar-refractivity contribution < 1.29 is 35.1 Å². The van der Waals surface area contributed by atoms with Gasteiger partial charge in [0.15, 0.2) is 0 Å². The Kier molecular flexibility index (Phi) is 27.9. The SMILES string of the molecule is CCCCCCCCCCCCCCCCCCCCCCCCCC(=O)NC(COC1C=CC(O)C(O)C1O)C(O)CC(O)CC. The van der Waals surface area contributed by atoms with E-state index >= 15 is 0 Å². The summed E-state index contributed by atoms with van der Waals surface area (Å²) in [5, 5.41) is 53.3. The quantitative estimate of drug-likeness (QED) is 0.0324. The second kappa shape index (κ2) is 29.8. The zero-order valence-electron chi connectivity index (χ0n) is 30.3. The minimum atomic E-state index is -1.37. The molecule has 0 aromatic carbocycles.